The Morgan fingerprint density at radius 1 is 0.565 bits per heavy atom. The molecule has 19 nitrogen and oxygen atoms in total. The molecule has 0 saturated carbocycles. The Hall–Kier alpha value is -4.13. The molecule has 2 saturated heterocycles. The van der Waals surface area contributed by atoms with Crippen LogP contribution < -0.4 is 0 Å². The minimum Gasteiger partial charge on any atom is -0.463 e. The van der Waals surface area contributed by atoms with Gasteiger partial charge in [0.25, 0.3) is 0 Å². The van der Waals surface area contributed by atoms with E-state index in [-0.39, 0.29) is 0 Å². The van der Waals surface area contributed by atoms with E-state index in [0.717, 1.165) is 48.5 Å². The zero-order valence-corrected chi connectivity index (χ0v) is 26.8. The minimum absolute atomic E-state index is 0.507. The highest BCUT2D eigenvalue weighted by Gasteiger charge is 2.56. The fourth-order valence-electron chi connectivity index (χ4n) is 4.61. The largest absolute Gasteiger partial charge is 0.463 e. The molecule has 2 rings (SSSR count). The van der Waals surface area contributed by atoms with Crippen LogP contribution in [0.3, 0.4) is 0 Å². The van der Waals surface area contributed by atoms with E-state index in [1.807, 2.05) is 0 Å². The number of nitrogens with zero attached hydrogens (tertiary/aromatic N) is 3. The van der Waals surface area contributed by atoms with Crippen molar-refractivity contribution in [1.82, 2.24) is 0 Å². The molecule has 2 aliphatic heterocycles. The van der Waals surface area contributed by atoms with Crippen molar-refractivity contribution in [2.45, 2.75) is 108 Å². The first-order valence-corrected chi connectivity index (χ1v) is 14.6. The molecule has 0 spiro atoms. The number of azide groups is 1. The lowest BCUT2D eigenvalue weighted by atomic mass is 9.97. The second-order valence-electron chi connectivity index (χ2n) is 9.89. The fraction of sp³-hybridized carbons (Fsp3) is 0.731. The van der Waals surface area contributed by atoms with Gasteiger partial charge < -0.3 is 42.6 Å². The molecular weight excluding hydrogens is 642 g/mol. The van der Waals surface area contributed by atoms with Crippen LogP contribution in [0, 0.1) is 0 Å². The van der Waals surface area contributed by atoms with Crippen LogP contribution in [0.5, 0.6) is 0 Å². The third kappa shape index (κ3) is 11.3. The molecule has 0 bridgehead atoms. The predicted molar refractivity (Wildman–Crippen MR) is 149 cm³/mol. The number of carbonyl (C=O) groups excluding carboxylic acids is 7. The molecule has 256 valence electrons. The van der Waals surface area contributed by atoms with E-state index in [4.69, 9.17) is 42.6 Å². The highest BCUT2D eigenvalue weighted by atomic mass is 32.2. The maximum atomic E-state index is 12.2. The highest BCUT2D eigenvalue weighted by molar-refractivity contribution is 8.00. The van der Waals surface area contributed by atoms with Gasteiger partial charge >= 0.3 is 41.8 Å². The van der Waals surface area contributed by atoms with Crippen molar-refractivity contribution in [2.24, 2.45) is 5.11 Å². The third-order valence-electron chi connectivity index (χ3n) is 6.07. The van der Waals surface area contributed by atoms with Crippen molar-refractivity contribution in [3.8, 4) is 0 Å². The topological polar surface area (TPSA) is 251 Å². The van der Waals surface area contributed by atoms with Crippen LogP contribution in [0.4, 0.5) is 0 Å². The van der Waals surface area contributed by atoms with Gasteiger partial charge in [-0.25, -0.2) is 0 Å². The van der Waals surface area contributed by atoms with Gasteiger partial charge in [0.1, 0.15) is 54.5 Å². The first kappa shape index (κ1) is 38.1. The Balaban J connectivity index is 2.67. The molecule has 0 aromatic rings. The molecule has 2 aliphatic rings. The Bertz CT molecular complexity index is 1230. The monoisotopic (exact) mass is 677 g/mol. The van der Waals surface area contributed by atoms with Gasteiger partial charge in [-0.1, -0.05) is 16.9 Å². The average Bonchev–Trinajstić information content (AvgIpc) is 2.91. The van der Waals surface area contributed by atoms with E-state index < -0.39 is 115 Å². The highest BCUT2D eigenvalue weighted by Crippen LogP contribution is 2.41. The van der Waals surface area contributed by atoms with E-state index in [2.05, 4.69) is 10.0 Å². The molecule has 0 aromatic heterocycles. The summed E-state index contributed by atoms with van der Waals surface area (Å²) in [6.07, 6.45) is -10.0. The fourth-order valence-corrected chi connectivity index (χ4v) is 6.03. The van der Waals surface area contributed by atoms with Gasteiger partial charge in [0, 0.05) is 53.4 Å². The van der Waals surface area contributed by atoms with E-state index in [1.54, 1.807) is 0 Å². The summed E-state index contributed by atoms with van der Waals surface area (Å²) in [7, 11) is 0. The molecule has 0 aromatic carbocycles. The number of hydrogen-bond donors (Lipinski definition) is 0. The summed E-state index contributed by atoms with van der Waals surface area (Å²) in [5.74, 6) is -5.71. The standard InChI is InChI=1S/C26H35N3O16S/c1-10(30)37-8-17-20(39-12(3)32)19(28-29-27)22(41-14(5)34)25(44-17)46-26-24(43-16(7)36)23(42-15(6)35)21(40-13(4)33)18(45-26)9-38-11(2)31/h17-26H,8-9H2,1-7H3/t17?,18?,19?,20-,21-,22?,23?,24?,25-,26-/m0/s1. The molecule has 2 fully saturated rings. The smallest absolute Gasteiger partial charge is 0.303 e. The van der Waals surface area contributed by atoms with E-state index in [0.29, 0.717) is 11.8 Å². The minimum atomic E-state index is -1.53. The van der Waals surface area contributed by atoms with Crippen LogP contribution >= 0.6 is 11.8 Å². The summed E-state index contributed by atoms with van der Waals surface area (Å²) in [6.45, 7) is 6.48. The van der Waals surface area contributed by atoms with Gasteiger partial charge in [-0.2, -0.15) is 0 Å². The molecular formula is C26H35N3O16S. The van der Waals surface area contributed by atoms with Crippen molar-refractivity contribution in [3.05, 3.63) is 10.4 Å². The Morgan fingerprint density at radius 3 is 1.37 bits per heavy atom. The quantitative estimate of drug-likeness (QED) is 0.0902. The Morgan fingerprint density at radius 2 is 0.935 bits per heavy atom. The van der Waals surface area contributed by atoms with Gasteiger partial charge in [-0.15, -0.1) is 0 Å². The Labute approximate surface area is 266 Å². The molecule has 6 unspecified atom stereocenters. The molecule has 10 atom stereocenters. The summed E-state index contributed by atoms with van der Waals surface area (Å²) < 4.78 is 49.4. The zero-order valence-electron chi connectivity index (χ0n) is 26.0. The van der Waals surface area contributed by atoms with Crippen LogP contribution in [0.2, 0.25) is 0 Å². The lowest BCUT2D eigenvalue weighted by molar-refractivity contribution is -0.238. The average molecular weight is 678 g/mol. The van der Waals surface area contributed by atoms with Gasteiger partial charge in [-0.05, 0) is 5.53 Å². The summed E-state index contributed by atoms with van der Waals surface area (Å²) in [6, 6.07) is -1.45. The SMILES string of the molecule is CC(=O)OCC1O[C@@H](S[C@@H]2OC(COC(C)=O)[C@H](OC(C)=O)C(OC(C)=O)C2OC(C)=O)C(OC(C)=O)C(N=[N+]=[N-])[C@H]1OC(C)=O. The molecule has 2 heterocycles. The summed E-state index contributed by atoms with van der Waals surface area (Å²) in [5, 5.41) is 3.69. The lowest BCUT2D eigenvalue weighted by Crippen LogP contribution is -2.63. The normalized spacial score (nSPS) is 30.3. The van der Waals surface area contributed by atoms with Crippen LogP contribution in [0.15, 0.2) is 5.11 Å². The lowest BCUT2D eigenvalue weighted by Gasteiger charge is -2.47. The third-order valence-corrected chi connectivity index (χ3v) is 7.37. The molecule has 0 radical (unpaired) electrons. The predicted octanol–water partition coefficient (Wildman–Crippen LogP) is 0.633. The van der Waals surface area contributed by atoms with Crippen LogP contribution in [-0.4, -0.2) is 115 Å². The van der Waals surface area contributed by atoms with E-state index in [9.17, 15) is 39.1 Å². The maximum absolute atomic E-state index is 12.2. The van der Waals surface area contributed by atoms with Crippen LogP contribution in [0.25, 0.3) is 10.4 Å². The van der Waals surface area contributed by atoms with Gasteiger partial charge in [-0.3, -0.25) is 33.6 Å². The number of esters is 7. The van der Waals surface area contributed by atoms with Crippen LogP contribution in [0.1, 0.15) is 48.5 Å². The van der Waals surface area contributed by atoms with E-state index in [1.165, 1.54) is 0 Å². The molecule has 0 amide bonds. The van der Waals surface area contributed by atoms with Crippen molar-refractivity contribution in [3.63, 3.8) is 0 Å². The van der Waals surface area contributed by atoms with Gasteiger partial charge in [0.05, 0.1) is 0 Å². The van der Waals surface area contributed by atoms with Crippen molar-refractivity contribution >= 4 is 53.5 Å². The first-order valence-electron chi connectivity index (χ1n) is 13.7. The van der Waals surface area contributed by atoms with Crippen molar-refractivity contribution in [1.29, 1.82) is 0 Å². The number of carbonyl (C=O) groups is 7. The molecule has 0 N–H and O–H groups in total. The van der Waals surface area contributed by atoms with Crippen molar-refractivity contribution < 1.29 is 76.2 Å². The second kappa shape index (κ2) is 17.5. The van der Waals surface area contributed by atoms with Crippen LogP contribution in [-0.2, 0) is 76.2 Å². The number of hydrogen-bond acceptors (Lipinski definition) is 18. The molecule has 0 aliphatic carbocycles. The zero-order chi connectivity index (χ0) is 34.7. The Kier molecular flexibility index (Phi) is 14.5. The summed E-state index contributed by atoms with van der Waals surface area (Å²) in [5.41, 5.74) is 6.56. The second-order valence-corrected chi connectivity index (χ2v) is 11.1. The van der Waals surface area contributed by atoms with E-state index >= 15 is 0 Å². The summed E-state index contributed by atoms with van der Waals surface area (Å²) in [4.78, 5) is 86.7. The number of rotatable bonds is 12. The first-order chi connectivity index (χ1) is 21.5. The van der Waals surface area contributed by atoms with Crippen molar-refractivity contribution in [2.75, 3.05) is 13.2 Å². The molecule has 46 heavy (non-hydrogen) atoms. The number of ether oxygens (including phenoxy) is 9. The maximum Gasteiger partial charge on any atom is 0.303 e. The van der Waals surface area contributed by atoms with Gasteiger partial charge in [0.2, 0.25) is 0 Å². The summed E-state index contributed by atoms with van der Waals surface area (Å²) >= 11 is 0.685. The molecule has 20 heteroatoms. The van der Waals surface area contributed by atoms with Gasteiger partial charge in [0.15, 0.2) is 18.3 Å². The number of thioether (sulfide) groups is 1.